The molecule has 1 amide bonds. The lowest BCUT2D eigenvalue weighted by molar-refractivity contribution is -0.123. The first-order chi connectivity index (χ1) is 12.3. The maximum Gasteiger partial charge on any atom is 0.339 e. The van der Waals surface area contributed by atoms with Crippen molar-refractivity contribution in [2.75, 3.05) is 12.4 Å². The highest BCUT2D eigenvalue weighted by Crippen LogP contribution is 2.21. The minimum absolute atomic E-state index is 0.00923. The van der Waals surface area contributed by atoms with E-state index in [1.807, 2.05) is 6.07 Å². The first kappa shape index (κ1) is 19.2. The van der Waals surface area contributed by atoms with Crippen LogP contribution in [-0.4, -0.2) is 25.1 Å². The lowest BCUT2D eigenvalue weighted by atomic mass is 10.2. The molecule has 26 heavy (non-hydrogen) atoms. The third-order valence-corrected chi connectivity index (χ3v) is 3.71. The van der Waals surface area contributed by atoms with Gasteiger partial charge in [-0.15, -0.1) is 0 Å². The summed E-state index contributed by atoms with van der Waals surface area (Å²) in [5.74, 6) is -2.18. The van der Waals surface area contributed by atoms with E-state index < -0.39 is 23.8 Å². The molecule has 0 aromatic heterocycles. The average Bonchev–Trinajstić information content (AvgIpc) is 2.61. The molecule has 0 spiro atoms. The van der Waals surface area contributed by atoms with E-state index in [1.54, 1.807) is 0 Å². The van der Waals surface area contributed by atoms with Crippen LogP contribution in [0.15, 0.2) is 36.4 Å². The monoisotopic (exact) mass is 376 g/mol. The van der Waals surface area contributed by atoms with Gasteiger partial charge in [-0.3, -0.25) is 4.79 Å². The third-order valence-electron chi connectivity index (χ3n) is 3.40. The Kier molecular flexibility index (Phi) is 6.15. The van der Waals surface area contributed by atoms with Gasteiger partial charge >= 0.3 is 5.97 Å². The SMILES string of the molecule is COc1ccc(C(=O)O[C@@H](C)C(=O)Nc2ccc(C#N)c(Cl)c2)cc1F. The Hall–Kier alpha value is -3.11. The highest BCUT2D eigenvalue weighted by molar-refractivity contribution is 6.32. The van der Waals surface area contributed by atoms with Gasteiger partial charge < -0.3 is 14.8 Å². The van der Waals surface area contributed by atoms with Crippen LogP contribution in [0, 0.1) is 17.1 Å². The summed E-state index contributed by atoms with van der Waals surface area (Å²) in [6.45, 7) is 1.37. The first-order valence-electron chi connectivity index (χ1n) is 7.40. The zero-order valence-corrected chi connectivity index (χ0v) is 14.6. The molecule has 0 radical (unpaired) electrons. The summed E-state index contributed by atoms with van der Waals surface area (Å²) in [7, 11) is 1.30. The second-order valence-corrected chi connectivity index (χ2v) is 5.60. The van der Waals surface area contributed by atoms with Crippen LogP contribution in [0.2, 0.25) is 5.02 Å². The normalized spacial score (nSPS) is 11.2. The van der Waals surface area contributed by atoms with E-state index >= 15 is 0 Å². The molecule has 0 aliphatic heterocycles. The zero-order chi connectivity index (χ0) is 19.3. The summed E-state index contributed by atoms with van der Waals surface area (Å²) in [5, 5.41) is 11.5. The smallest absolute Gasteiger partial charge is 0.339 e. The molecule has 0 bridgehead atoms. The number of rotatable bonds is 5. The van der Waals surface area contributed by atoms with Crippen molar-refractivity contribution in [3.63, 3.8) is 0 Å². The lowest BCUT2D eigenvalue weighted by Crippen LogP contribution is -2.30. The van der Waals surface area contributed by atoms with E-state index in [1.165, 1.54) is 44.4 Å². The first-order valence-corrected chi connectivity index (χ1v) is 7.78. The fraction of sp³-hybridized carbons (Fsp3) is 0.167. The van der Waals surface area contributed by atoms with Crippen LogP contribution in [0.3, 0.4) is 0 Å². The number of anilines is 1. The minimum atomic E-state index is -1.14. The van der Waals surface area contributed by atoms with Crippen LogP contribution in [0.4, 0.5) is 10.1 Å². The van der Waals surface area contributed by atoms with Gasteiger partial charge in [-0.1, -0.05) is 11.6 Å². The number of amides is 1. The number of esters is 1. The maximum absolute atomic E-state index is 13.6. The predicted molar refractivity (Wildman–Crippen MR) is 92.6 cm³/mol. The molecule has 0 saturated carbocycles. The molecule has 8 heteroatoms. The van der Waals surface area contributed by atoms with Gasteiger partial charge in [0.05, 0.1) is 23.3 Å². The van der Waals surface area contributed by atoms with Gasteiger partial charge in [0, 0.05) is 5.69 Å². The summed E-state index contributed by atoms with van der Waals surface area (Å²) < 4.78 is 23.4. The maximum atomic E-state index is 13.6. The van der Waals surface area contributed by atoms with E-state index in [0.29, 0.717) is 5.69 Å². The topological polar surface area (TPSA) is 88.4 Å². The number of hydrogen-bond donors (Lipinski definition) is 1. The van der Waals surface area contributed by atoms with Crippen molar-refractivity contribution < 1.29 is 23.5 Å². The summed E-state index contributed by atoms with van der Waals surface area (Å²) in [6.07, 6.45) is -1.14. The van der Waals surface area contributed by atoms with Crippen LogP contribution < -0.4 is 10.1 Å². The van der Waals surface area contributed by atoms with Gasteiger partial charge in [-0.25, -0.2) is 9.18 Å². The number of benzene rings is 2. The number of ether oxygens (including phenoxy) is 2. The number of methoxy groups -OCH3 is 1. The molecule has 0 aliphatic rings. The van der Waals surface area contributed by atoms with Crippen molar-refractivity contribution in [2.45, 2.75) is 13.0 Å². The van der Waals surface area contributed by atoms with E-state index in [9.17, 15) is 14.0 Å². The fourth-order valence-corrected chi connectivity index (χ4v) is 2.23. The van der Waals surface area contributed by atoms with Crippen LogP contribution in [-0.2, 0) is 9.53 Å². The van der Waals surface area contributed by atoms with E-state index in [-0.39, 0.29) is 21.9 Å². The van der Waals surface area contributed by atoms with Crippen LogP contribution >= 0.6 is 11.6 Å². The molecule has 0 aliphatic carbocycles. The quantitative estimate of drug-likeness (QED) is 0.806. The number of nitriles is 1. The van der Waals surface area contributed by atoms with Crippen molar-refractivity contribution in [2.24, 2.45) is 0 Å². The lowest BCUT2D eigenvalue weighted by Gasteiger charge is -2.14. The molecular formula is C18H14ClFN2O4. The summed E-state index contributed by atoms with van der Waals surface area (Å²) in [6, 6.07) is 9.84. The molecular weight excluding hydrogens is 363 g/mol. The van der Waals surface area contributed by atoms with Gasteiger partial charge in [-0.2, -0.15) is 5.26 Å². The number of halogens is 2. The van der Waals surface area contributed by atoms with Crippen LogP contribution in [0.25, 0.3) is 0 Å². The van der Waals surface area contributed by atoms with E-state index in [4.69, 9.17) is 26.3 Å². The Morgan fingerprint density at radius 2 is 2.00 bits per heavy atom. The Morgan fingerprint density at radius 3 is 2.58 bits per heavy atom. The molecule has 0 unspecified atom stereocenters. The number of carbonyl (C=O) groups is 2. The molecule has 0 heterocycles. The van der Waals surface area contributed by atoms with Gasteiger partial charge in [0.1, 0.15) is 6.07 Å². The molecule has 0 fully saturated rings. The Bertz CT molecular complexity index is 895. The van der Waals surface area contributed by atoms with Gasteiger partial charge in [0.25, 0.3) is 5.91 Å². The van der Waals surface area contributed by atoms with Crippen LogP contribution in [0.5, 0.6) is 5.75 Å². The largest absolute Gasteiger partial charge is 0.494 e. The second-order valence-electron chi connectivity index (χ2n) is 5.19. The predicted octanol–water partition coefficient (Wildman–Crippen LogP) is 3.54. The molecule has 2 aromatic rings. The van der Waals surface area contributed by atoms with Crippen molar-refractivity contribution in [3.05, 3.63) is 58.4 Å². The van der Waals surface area contributed by atoms with Crippen LogP contribution in [0.1, 0.15) is 22.8 Å². The standard InChI is InChI=1S/C18H14ClFN2O4/c1-10(17(23)22-13-5-3-12(9-21)14(19)8-13)26-18(24)11-4-6-16(25-2)15(20)7-11/h3-8,10H,1-2H3,(H,22,23)/t10-/m0/s1. The second kappa shape index (κ2) is 8.32. The van der Waals surface area contributed by atoms with Gasteiger partial charge in [0.2, 0.25) is 0 Å². The number of nitrogens with one attached hydrogen (secondary N) is 1. The van der Waals surface area contributed by atoms with Crippen molar-refractivity contribution >= 4 is 29.2 Å². The van der Waals surface area contributed by atoms with Crippen molar-refractivity contribution in [1.82, 2.24) is 0 Å². The van der Waals surface area contributed by atoms with E-state index in [2.05, 4.69) is 5.32 Å². The molecule has 0 saturated heterocycles. The van der Waals surface area contributed by atoms with Gasteiger partial charge in [0.15, 0.2) is 17.7 Å². The average molecular weight is 377 g/mol. The summed E-state index contributed by atoms with van der Waals surface area (Å²) in [4.78, 5) is 24.2. The highest BCUT2D eigenvalue weighted by Gasteiger charge is 2.20. The molecule has 1 N–H and O–H groups in total. The molecule has 2 aromatic carbocycles. The Labute approximate surface area is 154 Å². The molecule has 1 atom stereocenters. The molecule has 2 rings (SSSR count). The summed E-state index contributed by atoms with van der Waals surface area (Å²) in [5.41, 5.74) is 0.562. The Balaban J connectivity index is 2.02. The molecule has 134 valence electrons. The highest BCUT2D eigenvalue weighted by atomic mass is 35.5. The number of carbonyl (C=O) groups excluding carboxylic acids is 2. The van der Waals surface area contributed by atoms with E-state index in [0.717, 1.165) is 6.07 Å². The zero-order valence-electron chi connectivity index (χ0n) is 13.9. The minimum Gasteiger partial charge on any atom is -0.494 e. The number of nitrogens with zero attached hydrogens (tertiary/aromatic N) is 1. The summed E-state index contributed by atoms with van der Waals surface area (Å²) >= 11 is 5.89. The Morgan fingerprint density at radius 1 is 1.27 bits per heavy atom. The van der Waals surface area contributed by atoms with Crippen molar-refractivity contribution in [1.29, 1.82) is 5.26 Å². The van der Waals surface area contributed by atoms with Gasteiger partial charge in [-0.05, 0) is 43.3 Å². The fourth-order valence-electron chi connectivity index (χ4n) is 2.00. The number of hydrogen-bond acceptors (Lipinski definition) is 5. The third kappa shape index (κ3) is 4.49. The molecule has 6 nitrogen and oxygen atoms in total. The van der Waals surface area contributed by atoms with Crippen molar-refractivity contribution in [3.8, 4) is 11.8 Å².